The Morgan fingerprint density at radius 1 is 1.38 bits per heavy atom. The van der Waals surface area contributed by atoms with Gasteiger partial charge in [-0.1, -0.05) is 12.1 Å². The van der Waals surface area contributed by atoms with Crippen LogP contribution in [0.1, 0.15) is 12.8 Å². The maximum absolute atomic E-state index is 11.2. The molecule has 0 aromatic heterocycles. The minimum absolute atomic E-state index is 0. The maximum atomic E-state index is 11.2. The van der Waals surface area contributed by atoms with Crippen molar-refractivity contribution >= 4 is 45.5 Å². The number of ether oxygens (including phenoxy) is 1. The second kappa shape index (κ2) is 10.8. The van der Waals surface area contributed by atoms with E-state index in [-0.39, 0.29) is 35.8 Å². The molecule has 1 heterocycles. The predicted octanol–water partition coefficient (Wildman–Crippen LogP) is 1.49. The second-order valence-corrected chi connectivity index (χ2v) is 8.49. The molecule has 26 heavy (non-hydrogen) atoms. The zero-order valence-electron chi connectivity index (χ0n) is 15.6. The summed E-state index contributed by atoms with van der Waals surface area (Å²) in [7, 11) is 0.494. The Morgan fingerprint density at radius 3 is 2.77 bits per heavy atom. The summed E-state index contributed by atoms with van der Waals surface area (Å²) >= 11 is 0. The number of halogens is 1. The first-order chi connectivity index (χ1) is 11.9. The van der Waals surface area contributed by atoms with E-state index in [4.69, 9.17) is 4.74 Å². The van der Waals surface area contributed by atoms with E-state index < -0.39 is 9.84 Å². The molecule has 148 valence electrons. The third kappa shape index (κ3) is 7.18. The Kier molecular flexibility index (Phi) is 9.48. The Morgan fingerprint density at radius 2 is 2.12 bits per heavy atom. The molecular formula is C17H29IN4O3S. The van der Waals surface area contributed by atoms with Crippen LogP contribution in [-0.4, -0.2) is 66.2 Å². The molecule has 2 N–H and O–H groups in total. The van der Waals surface area contributed by atoms with Gasteiger partial charge in [-0.15, -0.1) is 24.0 Å². The van der Waals surface area contributed by atoms with E-state index in [1.165, 1.54) is 6.26 Å². The summed E-state index contributed by atoms with van der Waals surface area (Å²) in [4.78, 5) is 6.52. The van der Waals surface area contributed by atoms with Gasteiger partial charge in [0, 0.05) is 39.0 Å². The number of sulfone groups is 1. The lowest BCUT2D eigenvalue weighted by atomic mass is 10.2. The summed E-state index contributed by atoms with van der Waals surface area (Å²) in [6, 6.07) is 8.31. The third-order valence-corrected chi connectivity index (χ3v) is 5.19. The standard InChI is InChI=1S/C17H28N4O3S.HI/c1-18-17(19-10-6-12-25(3,22)23)20-14-9-11-21(13-14)15-7-4-5-8-16(15)24-2;/h4-5,7-8,14H,6,9-13H2,1-3H3,(H2,18,19,20);1H. The number of benzene rings is 1. The number of anilines is 1. The summed E-state index contributed by atoms with van der Waals surface area (Å²) in [5, 5.41) is 6.58. The largest absolute Gasteiger partial charge is 0.495 e. The van der Waals surface area contributed by atoms with Gasteiger partial charge in [0.05, 0.1) is 18.6 Å². The molecule has 0 spiro atoms. The van der Waals surface area contributed by atoms with Gasteiger partial charge in [-0.05, 0) is 25.0 Å². The lowest BCUT2D eigenvalue weighted by Gasteiger charge is -2.22. The van der Waals surface area contributed by atoms with Gasteiger partial charge in [-0.3, -0.25) is 4.99 Å². The molecule has 1 aromatic rings. The van der Waals surface area contributed by atoms with Gasteiger partial charge in [0.15, 0.2) is 5.96 Å². The van der Waals surface area contributed by atoms with Crippen LogP contribution in [0.5, 0.6) is 5.75 Å². The van der Waals surface area contributed by atoms with E-state index >= 15 is 0 Å². The maximum Gasteiger partial charge on any atom is 0.191 e. The molecule has 1 aliphatic heterocycles. The van der Waals surface area contributed by atoms with Crippen molar-refractivity contribution in [2.24, 2.45) is 4.99 Å². The molecular weight excluding hydrogens is 467 g/mol. The van der Waals surface area contributed by atoms with Crippen LogP contribution >= 0.6 is 24.0 Å². The number of methoxy groups -OCH3 is 1. The number of nitrogens with one attached hydrogen (secondary N) is 2. The molecule has 9 heteroatoms. The van der Waals surface area contributed by atoms with E-state index in [0.717, 1.165) is 30.9 Å². The normalized spacial score (nSPS) is 17.6. The van der Waals surface area contributed by atoms with Crippen LogP contribution in [0.3, 0.4) is 0 Å². The molecule has 0 bridgehead atoms. The third-order valence-electron chi connectivity index (χ3n) is 4.16. The van der Waals surface area contributed by atoms with E-state index in [2.05, 4.69) is 26.6 Å². The van der Waals surface area contributed by atoms with Gasteiger partial charge in [-0.25, -0.2) is 8.42 Å². The summed E-state index contributed by atoms with van der Waals surface area (Å²) < 4.78 is 27.8. The van der Waals surface area contributed by atoms with Crippen LogP contribution in [0.15, 0.2) is 29.3 Å². The number of hydrogen-bond acceptors (Lipinski definition) is 5. The van der Waals surface area contributed by atoms with Crippen molar-refractivity contribution in [2.45, 2.75) is 18.9 Å². The lowest BCUT2D eigenvalue weighted by Crippen LogP contribution is -2.45. The minimum atomic E-state index is -2.91. The number of rotatable bonds is 7. The first-order valence-corrected chi connectivity index (χ1v) is 10.5. The van der Waals surface area contributed by atoms with Gasteiger partial charge >= 0.3 is 0 Å². The summed E-state index contributed by atoms with van der Waals surface area (Å²) in [6.07, 6.45) is 2.82. The van der Waals surface area contributed by atoms with E-state index in [1.54, 1.807) is 14.2 Å². The van der Waals surface area contributed by atoms with Gasteiger partial charge in [-0.2, -0.15) is 0 Å². The number of aliphatic imine (C=N–C) groups is 1. The fraction of sp³-hybridized carbons (Fsp3) is 0.588. The van der Waals surface area contributed by atoms with Gasteiger partial charge in [0.2, 0.25) is 0 Å². The fourth-order valence-electron chi connectivity index (χ4n) is 2.92. The molecule has 1 saturated heterocycles. The van der Waals surface area contributed by atoms with Crippen molar-refractivity contribution in [3.63, 3.8) is 0 Å². The Bertz CT molecular complexity index is 697. The fourth-order valence-corrected chi connectivity index (χ4v) is 3.59. The summed E-state index contributed by atoms with van der Waals surface area (Å²) in [5.74, 6) is 1.77. The predicted molar refractivity (Wildman–Crippen MR) is 118 cm³/mol. The van der Waals surface area contributed by atoms with Crippen LogP contribution in [0.25, 0.3) is 0 Å². The molecule has 1 unspecified atom stereocenters. The van der Waals surface area contributed by atoms with Crippen molar-refractivity contribution in [1.29, 1.82) is 0 Å². The van der Waals surface area contributed by atoms with Gasteiger partial charge < -0.3 is 20.3 Å². The molecule has 1 aliphatic rings. The molecule has 0 radical (unpaired) electrons. The van der Waals surface area contributed by atoms with Crippen LogP contribution in [0.2, 0.25) is 0 Å². The Labute approximate surface area is 173 Å². The zero-order valence-corrected chi connectivity index (χ0v) is 18.7. The van der Waals surface area contributed by atoms with E-state index in [0.29, 0.717) is 18.9 Å². The van der Waals surface area contributed by atoms with E-state index in [1.807, 2.05) is 18.2 Å². The van der Waals surface area contributed by atoms with Crippen molar-refractivity contribution in [1.82, 2.24) is 10.6 Å². The van der Waals surface area contributed by atoms with Crippen LogP contribution in [-0.2, 0) is 9.84 Å². The quantitative estimate of drug-likeness (QED) is 0.258. The summed E-state index contributed by atoms with van der Waals surface area (Å²) in [6.45, 7) is 2.39. The van der Waals surface area contributed by atoms with Crippen molar-refractivity contribution in [2.75, 3.05) is 50.7 Å². The smallest absolute Gasteiger partial charge is 0.191 e. The van der Waals surface area contributed by atoms with Crippen molar-refractivity contribution in [3.05, 3.63) is 24.3 Å². The van der Waals surface area contributed by atoms with Gasteiger partial charge in [0.1, 0.15) is 15.6 Å². The number of nitrogens with zero attached hydrogens (tertiary/aromatic N) is 2. The number of hydrogen-bond donors (Lipinski definition) is 2. The lowest BCUT2D eigenvalue weighted by molar-refractivity contribution is 0.415. The molecule has 1 atom stereocenters. The van der Waals surface area contributed by atoms with E-state index in [9.17, 15) is 8.42 Å². The Hall–Kier alpha value is -1.23. The Balaban J connectivity index is 0.00000338. The zero-order chi connectivity index (χ0) is 18.3. The van der Waals surface area contributed by atoms with Crippen LogP contribution in [0, 0.1) is 0 Å². The second-order valence-electron chi connectivity index (χ2n) is 6.23. The molecule has 0 amide bonds. The number of guanidine groups is 1. The average Bonchev–Trinajstić information content (AvgIpc) is 3.05. The number of para-hydroxylation sites is 2. The highest BCUT2D eigenvalue weighted by Crippen LogP contribution is 2.30. The highest BCUT2D eigenvalue weighted by atomic mass is 127. The summed E-state index contributed by atoms with van der Waals surface area (Å²) in [5.41, 5.74) is 1.10. The molecule has 2 rings (SSSR count). The van der Waals surface area contributed by atoms with Gasteiger partial charge in [0.25, 0.3) is 0 Å². The molecule has 7 nitrogen and oxygen atoms in total. The first-order valence-electron chi connectivity index (χ1n) is 8.46. The molecule has 1 aromatic carbocycles. The first kappa shape index (κ1) is 22.8. The SMILES string of the molecule is CN=C(NCCCS(C)(=O)=O)NC1CCN(c2ccccc2OC)C1.I. The van der Waals surface area contributed by atoms with Crippen molar-refractivity contribution < 1.29 is 13.2 Å². The highest BCUT2D eigenvalue weighted by molar-refractivity contribution is 14.0. The minimum Gasteiger partial charge on any atom is -0.495 e. The van der Waals surface area contributed by atoms with Crippen LogP contribution < -0.4 is 20.3 Å². The molecule has 0 aliphatic carbocycles. The van der Waals surface area contributed by atoms with Crippen LogP contribution in [0.4, 0.5) is 5.69 Å². The van der Waals surface area contributed by atoms with Crippen molar-refractivity contribution in [3.8, 4) is 5.75 Å². The average molecular weight is 496 g/mol. The topological polar surface area (TPSA) is 83.0 Å². The highest BCUT2D eigenvalue weighted by Gasteiger charge is 2.25. The monoisotopic (exact) mass is 496 g/mol. The molecule has 1 fully saturated rings. The molecule has 0 saturated carbocycles.